The molecule has 3 fully saturated rings. The van der Waals surface area contributed by atoms with E-state index in [4.69, 9.17) is 14.5 Å². The fourth-order valence-corrected chi connectivity index (χ4v) is 7.51. The van der Waals surface area contributed by atoms with Crippen LogP contribution in [0.4, 0.5) is 19.0 Å². The van der Waals surface area contributed by atoms with Crippen molar-refractivity contribution < 1.29 is 27.8 Å². The molecule has 0 spiro atoms. The van der Waals surface area contributed by atoms with Gasteiger partial charge in [-0.1, -0.05) is 13.0 Å². The van der Waals surface area contributed by atoms with Crippen LogP contribution in [0.5, 0.6) is 17.6 Å². The van der Waals surface area contributed by atoms with Crippen LogP contribution in [-0.2, 0) is 6.42 Å². The van der Waals surface area contributed by atoms with Crippen LogP contribution >= 0.6 is 0 Å². The molecule has 3 aliphatic heterocycles. The molecule has 0 radical (unpaired) electrons. The second-order valence-electron chi connectivity index (χ2n) is 12.3. The van der Waals surface area contributed by atoms with Crippen LogP contribution in [0.2, 0.25) is 0 Å². The topological polar surface area (TPSA) is 83.8 Å². The normalized spacial score (nSPS) is 21.3. The van der Waals surface area contributed by atoms with Gasteiger partial charge in [-0.3, -0.25) is 4.90 Å². The number of benzene rings is 2. The van der Waals surface area contributed by atoms with E-state index in [9.17, 15) is 9.50 Å². The summed E-state index contributed by atoms with van der Waals surface area (Å²) in [5.41, 5.74) is 0.842. The number of rotatable bonds is 7. The zero-order valence-corrected chi connectivity index (χ0v) is 25.5. The molecule has 4 aromatic rings. The minimum Gasteiger partial charge on any atom is -0.508 e. The van der Waals surface area contributed by atoms with Crippen LogP contribution in [-0.4, -0.2) is 70.4 Å². The summed E-state index contributed by atoms with van der Waals surface area (Å²) in [6, 6.07) is 5.84. The van der Waals surface area contributed by atoms with Crippen molar-refractivity contribution in [2.45, 2.75) is 57.4 Å². The Morgan fingerprint density at radius 1 is 1.02 bits per heavy atom. The Labute approximate surface area is 259 Å². The Morgan fingerprint density at radius 3 is 2.60 bits per heavy atom. The second-order valence-corrected chi connectivity index (χ2v) is 12.3. The number of nitrogens with zero attached hydrogens (tertiary/aromatic N) is 5. The summed E-state index contributed by atoms with van der Waals surface area (Å²) in [4.78, 5) is 18.3. The standard InChI is InChI=1S/C34H36F3N5O3/c1-3-23-25(36)9-8-21-14-22(43)15-24(26(21)23)29-28(37)30-27(32(38-29)44-2)31(41-11-5-4-6-12-41)40-33(39-30)45-19-34-10-7-13-42(34)18-20(16-34)17-35/h8-9,14-15,17,43H,3-7,10-13,16,18-19H2,1-2H3/b20-17-. The molecule has 0 bridgehead atoms. The SMILES string of the molecule is CCc1c(F)ccc2cc(O)cc(-c3nc(OC)c4c(N5CCCCC5)nc(OCC56CCCN5C/C(=C\F)C6)nc4c3F)c12. The van der Waals surface area contributed by atoms with E-state index in [-0.39, 0.29) is 46.6 Å². The third-order valence-corrected chi connectivity index (χ3v) is 9.64. The van der Waals surface area contributed by atoms with Gasteiger partial charge in [-0.15, -0.1) is 0 Å². The van der Waals surface area contributed by atoms with Gasteiger partial charge >= 0.3 is 6.01 Å². The molecule has 3 aliphatic rings. The number of phenolic OH excluding ortho intramolecular Hbond substituents is 1. The van der Waals surface area contributed by atoms with Gasteiger partial charge in [0.25, 0.3) is 0 Å². The molecule has 3 saturated heterocycles. The van der Waals surface area contributed by atoms with Crippen molar-refractivity contribution in [2.75, 3.05) is 44.8 Å². The molecule has 0 saturated carbocycles. The third-order valence-electron chi connectivity index (χ3n) is 9.64. The van der Waals surface area contributed by atoms with Gasteiger partial charge in [-0.05, 0) is 91.6 Å². The number of halogens is 3. The van der Waals surface area contributed by atoms with E-state index < -0.39 is 11.6 Å². The lowest BCUT2D eigenvalue weighted by Gasteiger charge is -2.31. The van der Waals surface area contributed by atoms with E-state index in [1.807, 2.05) is 6.92 Å². The molecule has 1 unspecified atom stereocenters. The van der Waals surface area contributed by atoms with E-state index in [1.165, 1.54) is 25.3 Å². The molecule has 236 valence electrons. The molecule has 5 heterocycles. The summed E-state index contributed by atoms with van der Waals surface area (Å²) in [5.74, 6) is -0.686. The highest BCUT2D eigenvalue weighted by atomic mass is 19.1. The molecule has 1 N–H and O–H groups in total. The Balaban J connectivity index is 1.42. The van der Waals surface area contributed by atoms with Gasteiger partial charge < -0.3 is 19.5 Å². The minimum atomic E-state index is -0.751. The molecule has 2 aromatic heterocycles. The van der Waals surface area contributed by atoms with Crippen molar-refractivity contribution in [3.63, 3.8) is 0 Å². The molecule has 0 aliphatic carbocycles. The van der Waals surface area contributed by atoms with Crippen molar-refractivity contribution in [1.29, 1.82) is 0 Å². The first kappa shape index (κ1) is 29.6. The smallest absolute Gasteiger partial charge is 0.319 e. The van der Waals surface area contributed by atoms with Crippen LogP contribution in [0.15, 0.2) is 36.2 Å². The van der Waals surface area contributed by atoms with Crippen LogP contribution in [0.3, 0.4) is 0 Å². The number of piperidine rings is 1. The summed E-state index contributed by atoms with van der Waals surface area (Å²) < 4.78 is 57.5. The lowest BCUT2D eigenvalue weighted by Crippen LogP contribution is -2.43. The molecular formula is C34H36F3N5O3. The van der Waals surface area contributed by atoms with Crippen molar-refractivity contribution >= 4 is 27.5 Å². The molecular weight excluding hydrogens is 583 g/mol. The van der Waals surface area contributed by atoms with Crippen molar-refractivity contribution in [2.24, 2.45) is 0 Å². The number of methoxy groups -OCH3 is 1. The number of phenols is 1. The van der Waals surface area contributed by atoms with Crippen molar-refractivity contribution in [3.8, 4) is 28.9 Å². The van der Waals surface area contributed by atoms with Crippen LogP contribution in [0.1, 0.15) is 51.0 Å². The van der Waals surface area contributed by atoms with E-state index >= 15 is 8.78 Å². The van der Waals surface area contributed by atoms with Crippen LogP contribution < -0.4 is 14.4 Å². The van der Waals surface area contributed by atoms with Crippen molar-refractivity contribution in [3.05, 3.63) is 53.4 Å². The summed E-state index contributed by atoms with van der Waals surface area (Å²) in [6.07, 6.45) is 6.44. The Bertz CT molecular complexity index is 1830. The number of fused-ring (bicyclic) bond motifs is 3. The molecule has 1 atom stereocenters. The summed E-state index contributed by atoms with van der Waals surface area (Å²) >= 11 is 0. The third kappa shape index (κ3) is 5.01. The van der Waals surface area contributed by atoms with Gasteiger partial charge in [0.05, 0.1) is 19.0 Å². The zero-order chi connectivity index (χ0) is 31.3. The van der Waals surface area contributed by atoms with E-state index in [0.717, 1.165) is 57.3 Å². The first-order chi connectivity index (χ1) is 21.9. The number of ether oxygens (including phenoxy) is 2. The Hall–Kier alpha value is -4.12. The highest BCUT2D eigenvalue weighted by molar-refractivity contribution is 6.03. The number of aromatic hydroxyl groups is 1. The maximum absolute atomic E-state index is 16.9. The fraction of sp³-hybridized carbons (Fsp3) is 0.441. The number of aromatic nitrogens is 3. The number of anilines is 1. The summed E-state index contributed by atoms with van der Waals surface area (Å²) in [7, 11) is 1.45. The molecule has 11 heteroatoms. The Morgan fingerprint density at radius 2 is 1.84 bits per heavy atom. The van der Waals surface area contributed by atoms with Gasteiger partial charge in [0.1, 0.15) is 40.6 Å². The van der Waals surface area contributed by atoms with Crippen LogP contribution in [0.25, 0.3) is 32.9 Å². The number of hydrogen-bond acceptors (Lipinski definition) is 8. The molecule has 2 aromatic carbocycles. The lowest BCUT2D eigenvalue weighted by atomic mass is 9.94. The number of hydrogen-bond donors (Lipinski definition) is 1. The Kier molecular flexibility index (Phi) is 7.67. The van der Waals surface area contributed by atoms with Crippen LogP contribution in [0, 0.1) is 11.6 Å². The number of aryl methyl sites for hydroxylation is 1. The van der Waals surface area contributed by atoms with E-state index in [0.29, 0.717) is 53.3 Å². The highest BCUT2D eigenvalue weighted by Crippen LogP contribution is 2.44. The second kappa shape index (κ2) is 11.7. The predicted octanol–water partition coefficient (Wildman–Crippen LogP) is 6.86. The number of pyridine rings is 1. The minimum absolute atomic E-state index is 0.0149. The van der Waals surface area contributed by atoms with Gasteiger partial charge in [-0.2, -0.15) is 9.97 Å². The molecule has 0 amide bonds. The van der Waals surface area contributed by atoms with Gasteiger partial charge in [0, 0.05) is 25.2 Å². The van der Waals surface area contributed by atoms with E-state index in [2.05, 4.69) is 19.8 Å². The highest BCUT2D eigenvalue weighted by Gasteiger charge is 2.47. The maximum atomic E-state index is 16.9. The van der Waals surface area contributed by atoms with Gasteiger partial charge in [0.15, 0.2) is 5.82 Å². The largest absolute Gasteiger partial charge is 0.508 e. The maximum Gasteiger partial charge on any atom is 0.319 e. The molecule has 45 heavy (non-hydrogen) atoms. The summed E-state index contributed by atoms with van der Waals surface area (Å²) in [6.45, 7) is 4.92. The van der Waals surface area contributed by atoms with E-state index in [1.54, 1.807) is 6.07 Å². The zero-order valence-electron chi connectivity index (χ0n) is 25.5. The lowest BCUT2D eigenvalue weighted by molar-refractivity contribution is 0.108. The predicted molar refractivity (Wildman–Crippen MR) is 167 cm³/mol. The van der Waals surface area contributed by atoms with Gasteiger partial charge in [0.2, 0.25) is 5.88 Å². The quantitative estimate of drug-likeness (QED) is 0.240. The average molecular weight is 620 g/mol. The van der Waals surface area contributed by atoms with Crippen molar-refractivity contribution in [1.82, 2.24) is 19.9 Å². The first-order valence-electron chi connectivity index (χ1n) is 15.7. The average Bonchev–Trinajstić information content (AvgIpc) is 3.61. The summed E-state index contributed by atoms with van der Waals surface area (Å²) in [5, 5.41) is 12.0. The first-order valence-corrected chi connectivity index (χ1v) is 15.7. The fourth-order valence-electron chi connectivity index (χ4n) is 7.51. The molecule has 8 nitrogen and oxygen atoms in total. The monoisotopic (exact) mass is 619 g/mol. The molecule has 7 rings (SSSR count). The van der Waals surface area contributed by atoms with Gasteiger partial charge in [-0.25, -0.2) is 18.2 Å².